The third-order valence-electron chi connectivity index (χ3n) is 1.59. The molecule has 1 aromatic carbocycles. The van der Waals surface area contributed by atoms with Gasteiger partial charge in [-0.15, -0.1) is 0 Å². The zero-order chi connectivity index (χ0) is 14.0. The molecule has 0 saturated heterocycles. The van der Waals surface area contributed by atoms with Gasteiger partial charge in [0.05, 0.1) is 0 Å². The van der Waals surface area contributed by atoms with E-state index in [-0.39, 0.29) is 6.07 Å². The minimum absolute atomic E-state index is 0.276. The maximum Gasteiger partial charge on any atom is 0.413 e. The Kier molecular flexibility index (Phi) is 4.24. The second-order valence-electron chi connectivity index (χ2n) is 3.07. The van der Waals surface area contributed by atoms with Crippen LogP contribution in [-0.4, -0.2) is 21.2 Å². The Morgan fingerprint density at radius 1 is 1.22 bits per heavy atom. The summed E-state index contributed by atoms with van der Waals surface area (Å²) in [7, 11) is -4.64. The van der Waals surface area contributed by atoms with Gasteiger partial charge in [-0.1, -0.05) is 4.89 Å². The van der Waals surface area contributed by atoms with Gasteiger partial charge in [0.25, 0.3) is 10.0 Å². The van der Waals surface area contributed by atoms with E-state index in [9.17, 15) is 30.4 Å². The number of sulfonamides is 1. The zero-order valence-electron chi connectivity index (χ0n) is 8.46. The Morgan fingerprint density at radius 3 is 2.33 bits per heavy atom. The standard InChI is InChI=1S/C8H6F5NO3S/c9-5-1-2-7(6(10)3-5)18(15,16)14-17-4-8(11,12)13/h1-3,14H,4H2. The van der Waals surface area contributed by atoms with Gasteiger partial charge in [-0.05, 0) is 12.1 Å². The fourth-order valence-electron chi connectivity index (χ4n) is 0.927. The highest BCUT2D eigenvalue weighted by atomic mass is 32.2. The van der Waals surface area contributed by atoms with Gasteiger partial charge in [0.15, 0.2) is 6.61 Å². The molecule has 0 amide bonds. The normalized spacial score (nSPS) is 12.7. The van der Waals surface area contributed by atoms with E-state index in [1.165, 1.54) is 0 Å². The molecule has 1 N–H and O–H groups in total. The molecule has 0 aliphatic rings. The van der Waals surface area contributed by atoms with E-state index >= 15 is 0 Å². The van der Waals surface area contributed by atoms with E-state index in [1.54, 1.807) is 0 Å². The lowest BCUT2D eigenvalue weighted by Crippen LogP contribution is -2.30. The maximum absolute atomic E-state index is 13.1. The summed E-state index contributed by atoms with van der Waals surface area (Å²) in [4.78, 5) is 3.74. The monoisotopic (exact) mass is 291 g/mol. The van der Waals surface area contributed by atoms with Crippen LogP contribution in [0.15, 0.2) is 23.1 Å². The van der Waals surface area contributed by atoms with E-state index < -0.39 is 39.3 Å². The predicted molar refractivity (Wildman–Crippen MR) is 48.7 cm³/mol. The first-order valence-corrected chi connectivity index (χ1v) is 5.75. The highest BCUT2D eigenvalue weighted by Crippen LogP contribution is 2.17. The number of nitrogens with one attached hydrogen (secondary N) is 1. The molecule has 0 heterocycles. The molecule has 0 unspecified atom stereocenters. The van der Waals surface area contributed by atoms with E-state index in [0.717, 1.165) is 4.89 Å². The summed E-state index contributed by atoms with van der Waals surface area (Å²) < 4.78 is 83.2. The Morgan fingerprint density at radius 2 is 1.83 bits per heavy atom. The molecule has 0 aromatic heterocycles. The summed E-state index contributed by atoms with van der Waals surface area (Å²) in [6.07, 6.45) is -4.75. The highest BCUT2D eigenvalue weighted by Gasteiger charge is 2.29. The van der Waals surface area contributed by atoms with Gasteiger partial charge in [0, 0.05) is 6.07 Å². The Balaban J connectivity index is 2.81. The van der Waals surface area contributed by atoms with Gasteiger partial charge in [0.1, 0.15) is 16.5 Å². The van der Waals surface area contributed by atoms with Crippen molar-refractivity contribution in [2.45, 2.75) is 11.1 Å². The third-order valence-corrected chi connectivity index (χ3v) is 2.84. The van der Waals surface area contributed by atoms with Gasteiger partial charge in [-0.2, -0.15) is 13.2 Å². The molecule has 0 spiro atoms. The molecule has 0 saturated carbocycles. The van der Waals surface area contributed by atoms with Crippen molar-refractivity contribution in [1.29, 1.82) is 0 Å². The van der Waals surface area contributed by atoms with Gasteiger partial charge in [-0.25, -0.2) is 17.2 Å². The topological polar surface area (TPSA) is 55.4 Å². The van der Waals surface area contributed by atoms with E-state index in [1.807, 2.05) is 0 Å². The molecule has 1 rings (SSSR count). The van der Waals surface area contributed by atoms with Crippen LogP contribution in [0.5, 0.6) is 0 Å². The van der Waals surface area contributed by atoms with Gasteiger partial charge >= 0.3 is 6.18 Å². The summed E-state index contributed by atoms with van der Waals surface area (Å²) in [6.45, 7) is -1.88. The van der Waals surface area contributed by atoms with Crippen molar-refractivity contribution in [1.82, 2.24) is 4.89 Å². The summed E-state index contributed by atoms with van der Waals surface area (Å²) >= 11 is 0. The number of alkyl halides is 3. The first kappa shape index (κ1) is 14.8. The van der Waals surface area contributed by atoms with E-state index in [4.69, 9.17) is 0 Å². The fourth-order valence-corrected chi connectivity index (χ4v) is 1.79. The average Bonchev–Trinajstić information content (AvgIpc) is 2.13. The van der Waals surface area contributed by atoms with Crippen LogP contribution < -0.4 is 4.89 Å². The summed E-state index contributed by atoms with van der Waals surface area (Å²) in [6, 6.07) is 1.48. The lowest BCUT2D eigenvalue weighted by molar-refractivity contribution is -0.181. The molecule has 0 fully saturated rings. The molecule has 4 nitrogen and oxygen atoms in total. The van der Waals surface area contributed by atoms with Crippen LogP contribution in [0.4, 0.5) is 22.0 Å². The number of benzene rings is 1. The molecule has 1 aromatic rings. The third kappa shape index (κ3) is 4.20. The maximum atomic E-state index is 13.1. The number of halogens is 5. The number of rotatable bonds is 4. The SMILES string of the molecule is O=S(=O)(NOCC(F)(F)F)c1ccc(F)cc1F. The molecule has 10 heteroatoms. The van der Waals surface area contributed by atoms with Gasteiger partial charge < -0.3 is 0 Å². The molecular formula is C8H6F5NO3S. The number of hydrogen-bond acceptors (Lipinski definition) is 3. The van der Waals surface area contributed by atoms with Gasteiger partial charge in [0.2, 0.25) is 0 Å². The quantitative estimate of drug-likeness (QED) is 0.679. The largest absolute Gasteiger partial charge is 0.413 e. The highest BCUT2D eigenvalue weighted by molar-refractivity contribution is 7.89. The molecular weight excluding hydrogens is 285 g/mol. The van der Waals surface area contributed by atoms with Crippen LogP contribution in [0, 0.1) is 11.6 Å². The first-order chi connectivity index (χ1) is 8.12. The lowest BCUT2D eigenvalue weighted by atomic mass is 10.3. The predicted octanol–water partition coefficient (Wildman–Crippen LogP) is 1.74. The van der Waals surface area contributed by atoms with E-state index in [2.05, 4.69) is 4.84 Å². The van der Waals surface area contributed by atoms with Crippen LogP contribution in [0.1, 0.15) is 0 Å². The molecule has 0 radical (unpaired) electrons. The molecule has 0 aliphatic heterocycles. The van der Waals surface area contributed by atoms with Crippen molar-refractivity contribution in [2.75, 3.05) is 6.61 Å². The van der Waals surface area contributed by atoms with Crippen molar-refractivity contribution in [3.8, 4) is 0 Å². The van der Waals surface area contributed by atoms with E-state index in [0.29, 0.717) is 12.1 Å². The molecule has 0 aliphatic carbocycles. The molecule has 0 bridgehead atoms. The zero-order valence-corrected chi connectivity index (χ0v) is 9.28. The molecule has 102 valence electrons. The van der Waals surface area contributed by atoms with Crippen LogP contribution >= 0.6 is 0 Å². The smallest absolute Gasteiger partial charge is 0.277 e. The lowest BCUT2D eigenvalue weighted by Gasteiger charge is -2.09. The summed E-state index contributed by atoms with van der Waals surface area (Å²) in [5, 5.41) is 0. The van der Waals surface area contributed by atoms with Crippen molar-refractivity contribution in [2.24, 2.45) is 0 Å². The first-order valence-electron chi connectivity index (χ1n) is 4.27. The van der Waals surface area contributed by atoms with Crippen molar-refractivity contribution >= 4 is 10.0 Å². The van der Waals surface area contributed by atoms with Gasteiger partial charge in [-0.3, -0.25) is 4.84 Å². The average molecular weight is 291 g/mol. The van der Waals surface area contributed by atoms with Crippen molar-refractivity contribution in [3.05, 3.63) is 29.8 Å². The number of hydrogen-bond donors (Lipinski definition) is 1. The summed E-state index contributed by atoms with van der Waals surface area (Å²) in [5.74, 6) is -2.47. The molecule has 0 atom stereocenters. The second-order valence-corrected chi connectivity index (χ2v) is 4.68. The fraction of sp³-hybridized carbons (Fsp3) is 0.250. The van der Waals surface area contributed by atoms with Crippen LogP contribution in [0.3, 0.4) is 0 Å². The Bertz CT molecular complexity index is 528. The minimum Gasteiger partial charge on any atom is -0.277 e. The second kappa shape index (κ2) is 5.16. The van der Waals surface area contributed by atoms with Crippen molar-refractivity contribution in [3.63, 3.8) is 0 Å². The Labute approximate surface area is 98.4 Å². The van der Waals surface area contributed by atoms with Crippen molar-refractivity contribution < 1.29 is 35.2 Å². The van der Waals surface area contributed by atoms with Crippen LogP contribution in [0.25, 0.3) is 0 Å². The van der Waals surface area contributed by atoms with Crippen LogP contribution in [-0.2, 0) is 14.9 Å². The van der Waals surface area contributed by atoms with Crippen LogP contribution in [0.2, 0.25) is 0 Å². The summed E-state index contributed by atoms with van der Waals surface area (Å²) in [5.41, 5.74) is 0. The Hall–Kier alpha value is -1.26. The minimum atomic E-state index is -4.75. The molecule has 18 heavy (non-hydrogen) atoms.